The smallest absolute Gasteiger partial charge is 0.255 e. The molecule has 210 valence electrons. The molecule has 4 aromatic carbocycles. The van der Waals surface area contributed by atoms with Crippen LogP contribution < -0.4 is 15.5 Å². The first kappa shape index (κ1) is 27.1. The Bertz CT molecular complexity index is 1660. The van der Waals surface area contributed by atoms with Crippen molar-refractivity contribution in [3.63, 3.8) is 0 Å². The standard InChI is InChI=1S/C34H31N5O3/c1-38-16-18-39(19-17-38)28-13-11-26(12-14-28)35-22-30-29-15-10-25(21-31(29)37-34(30)42)32(40)24-8-5-9-27(20-24)36-33(41)23-6-3-2-4-7-23/h2-15,20-22,30H,16-19H2,1H3,(H,36,41)(H,37,42). The van der Waals surface area contributed by atoms with Gasteiger partial charge in [0.25, 0.3) is 5.91 Å². The third kappa shape index (κ3) is 5.84. The minimum absolute atomic E-state index is 0.182. The monoisotopic (exact) mass is 557 g/mol. The maximum absolute atomic E-state index is 13.3. The third-order valence-electron chi connectivity index (χ3n) is 7.70. The number of hydrogen-bond donors (Lipinski definition) is 2. The van der Waals surface area contributed by atoms with Gasteiger partial charge in [0.05, 0.1) is 5.69 Å². The molecule has 8 nitrogen and oxygen atoms in total. The van der Waals surface area contributed by atoms with Crippen LogP contribution in [0.3, 0.4) is 0 Å². The average Bonchev–Trinajstić information content (AvgIpc) is 3.34. The van der Waals surface area contributed by atoms with Crippen molar-refractivity contribution >= 4 is 46.6 Å². The van der Waals surface area contributed by atoms with Gasteiger partial charge in [0.2, 0.25) is 5.91 Å². The minimum atomic E-state index is -0.544. The minimum Gasteiger partial charge on any atom is -0.369 e. The maximum Gasteiger partial charge on any atom is 0.255 e. The lowest BCUT2D eigenvalue weighted by atomic mass is 9.97. The summed E-state index contributed by atoms with van der Waals surface area (Å²) in [6, 6.07) is 29.0. The topological polar surface area (TPSA) is 94.1 Å². The predicted molar refractivity (Wildman–Crippen MR) is 166 cm³/mol. The van der Waals surface area contributed by atoms with E-state index in [0.29, 0.717) is 28.1 Å². The van der Waals surface area contributed by atoms with Gasteiger partial charge in [-0.05, 0) is 67.2 Å². The second-order valence-electron chi connectivity index (χ2n) is 10.6. The fourth-order valence-electron chi connectivity index (χ4n) is 5.25. The Labute approximate surface area is 244 Å². The molecule has 0 radical (unpaired) electrons. The first-order valence-electron chi connectivity index (χ1n) is 14.0. The van der Waals surface area contributed by atoms with E-state index in [-0.39, 0.29) is 17.6 Å². The first-order valence-corrected chi connectivity index (χ1v) is 14.0. The zero-order valence-electron chi connectivity index (χ0n) is 23.3. The number of fused-ring (bicyclic) bond motifs is 1. The molecule has 2 aliphatic heterocycles. The van der Waals surface area contributed by atoms with Crippen LogP contribution in [0, 0.1) is 0 Å². The molecular weight excluding hydrogens is 526 g/mol. The molecule has 1 saturated heterocycles. The van der Waals surface area contributed by atoms with E-state index >= 15 is 0 Å². The van der Waals surface area contributed by atoms with Gasteiger partial charge in [0.15, 0.2) is 5.78 Å². The van der Waals surface area contributed by atoms with E-state index in [1.807, 2.05) is 18.2 Å². The number of ketones is 1. The summed E-state index contributed by atoms with van der Waals surface area (Å²) in [5.74, 6) is -1.18. The Morgan fingerprint density at radius 1 is 0.833 bits per heavy atom. The van der Waals surface area contributed by atoms with Crippen LogP contribution in [-0.2, 0) is 4.79 Å². The summed E-state index contributed by atoms with van der Waals surface area (Å²) in [5.41, 5.74) is 5.26. The van der Waals surface area contributed by atoms with Gasteiger partial charge in [-0.1, -0.05) is 42.5 Å². The van der Waals surface area contributed by atoms with Crippen molar-refractivity contribution in [2.75, 3.05) is 48.8 Å². The molecule has 1 atom stereocenters. The Kier molecular flexibility index (Phi) is 7.62. The zero-order chi connectivity index (χ0) is 29.1. The van der Waals surface area contributed by atoms with Crippen LogP contribution in [0.1, 0.15) is 37.8 Å². The number of carbonyl (C=O) groups is 3. The fourth-order valence-corrected chi connectivity index (χ4v) is 5.25. The molecule has 8 heteroatoms. The summed E-state index contributed by atoms with van der Waals surface area (Å²) in [4.78, 5) is 48.0. The number of benzene rings is 4. The highest BCUT2D eigenvalue weighted by atomic mass is 16.2. The van der Waals surface area contributed by atoms with E-state index in [1.165, 1.54) is 5.69 Å². The van der Waals surface area contributed by atoms with Gasteiger partial charge >= 0.3 is 0 Å². The van der Waals surface area contributed by atoms with Crippen molar-refractivity contribution < 1.29 is 14.4 Å². The molecule has 0 spiro atoms. The van der Waals surface area contributed by atoms with Crippen molar-refractivity contribution in [3.05, 3.63) is 119 Å². The van der Waals surface area contributed by atoms with Crippen LogP contribution in [0.5, 0.6) is 0 Å². The number of carbonyl (C=O) groups excluding carboxylic acids is 3. The summed E-state index contributed by atoms with van der Waals surface area (Å²) in [6.07, 6.45) is 1.66. The van der Waals surface area contributed by atoms with Crippen LogP contribution in [0.15, 0.2) is 102 Å². The Morgan fingerprint density at radius 2 is 1.55 bits per heavy atom. The fraction of sp³-hybridized carbons (Fsp3) is 0.176. The van der Waals surface area contributed by atoms with E-state index in [4.69, 9.17) is 0 Å². The van der Waals surface area contributed by atoms with Crippen LogP contribution >= 0.6 is 0 Å². The predicted octanol–water partition coefficient (Wildman–Crippen LogP) is 5.36. The number of hydrogen-bond acceptors (Lipinski definition) is 6. The lowest BCUT2D eigenvalue weighted by molar-refractivity contribution is -0.115. The number of nitrogens with zero attached hydrogens (tertiary/aromatic N) is 3. The highest BCUT2D eigenvalue weighted by Crippen LogP contribution is 2.33. The molecule has 1 unspecified atom stereocenters. The summed E-state index contributed by atoms with van der Waals surface area (Å²) in [5, 5.41) is 5.73. The van der Waals surface area contributed by atoms with Crippen LogP contribution in [0.2, 0.25) is 0 Å². The molecule has 2 N–H and O–H groups in total. The lowest BCUT2D eigenvalue weighted by Crippen LogP contribution is -2.44. The molecule has 6 rings (SSSR count). The average molecular weight is 558 g/mol. The molecule has 0 bridgehead atoms. The Balaban J connectivity index is 1.14. The largest absolute Gasteiger partial charge is 0.369 e. The van der Waals surface area contributed by atoms with Crippen LogP contribution in [0.25, 0.3) is 0 Å². The maximum atomic E-state index is 13.3. The summed E-state index contributed by atoms with van der Waals surface area (Å²) >= 11 is 0. The van der Waals surface area contributed by atoms with E-state index in [9.17, 15) is 14.4 Å². The molecule has 0 aromatic heterocycles. The molecule has 0 aliphatic carbocycles. The van der Waals surface area contributed by atoms with Crippen molar-refractivity contribution in [1.29, 1.82) is 0 Å². The third-order valence-corrected chi connectivity index (χ3v) is 7.70. The number of likely N-dealkylation sites (N-methyl/N-ethyl adjacent to an activating group) is 1. The molecule has 1 fully saturated rings. The molecule has 2 heterocycles. The van der Waals surface area contributed by atoms with E-state index in [2.05, 4.69) is 44.6 Å². The second kappa shape index (κ2) is 11.8. The number of amides is 2. The van der Waals surface area contributed by atoms with Gasteiger partial charge in [-0.15, -0.1) is 0 Å². The number of rotatable bonds is 7. The quantitative estimate of drug-likeness (QED) is 0.236. The van der Waals surface area contributed by atoms with Crippen LogP contribution in [0.4, 0.5) is 22.7 Å². The van der Waals surface area contributed by atoms with Crippen molar-refractivity contribution in [3.8, 4) is 0 Å². The van der Waals surface area contributed by atoms with Gasteiger partial charge in [0.1, 0.15) is 5.92 Å². The van der Waals surface area contributed by atoms with Crippen molar-refractivity contribution in [2.45, 2.75) is 5.92 Å². The van der Waals surface area contributed by atoms with Gasteiger partial charge < -0.3 is 20.4 Å². The second-order valence-corrected chi connectivity index (χ2v) is 10.6. The van der Waals surface area contributed by atoms with Gasteiger partial charge in [-0.2, -0.15) is 0 Å². The normalized spacial score (nSPS) is 16.7. The summed E-state index contributed by atoms with van der Waals surface area (Å²) < 4.78 is 0. The SMILES string of the molecule is CN1CCN(c2ccc(N=CC3C(=O)Nc4cc(C(=O)c5cccc(NC(=O)c6ccccc6)c5)ccc43)cc2)CC1. The van der Waals surface area contributed by atoms with Crippen molar-refractivity contribution in [2.24, 2.45) is 4.99 Å². The first-order chi connectivity index (χ1) is 20.4. The van der Waals surface area contributed by atoms with Gasteiger partial charge in [-0.25, -0.2) is 0 Å². The number of nitrogens with one attached hydrogen (secondary N) is 2. The molecule has 42 heavy (non-hydrogen) atoms. The summed E-state index contributed by atoms with van der Waals surface area (Å²) in [7, 11) is 2.14. The van der Waals surface area contributed by atoms with Crippen molar-refractivity contribution in [1.82, 2.24) is 4.90 Å². The highest BCUT2D eigenvalue weighted by molar-refractivity contribution is 6.15. The van der Waals surface area contributed by atoms with Gasteiger partial charge in [0, 0.05) is 66.1 Å². The Morgan fingerprint density at radius 3 is 2.31 bits per heavy atom. The highest BCUT2D eigenvalue weighted by Gasteiger charge is 2.30. The van der Waals surface area contributed by atoms with E-state index < -0.39 is 5.92 Å². The zero-order valence-corrected chi connectivity index (χ0v) is 23.3. The number of aliphatic imine (C=N–C) groups is 1. The molecule has 0 saturated carbocycles. The van der Waals surface area contributed by atoms with Crippen LogP contribution in [-0.4, -0.2) is 61.9 Å². The molecular formula is C34H31N5O3. The molecule has 2 amide bonds. The summed E-state index contributed by atoms with van der Waals surface area (Å²) in [6.45, 7) is 4.09. The number of piperazine rings is 1. The van der Waals surface area contributed by atoms with E-state index in [0.717, 1.165) is 37.4 Å². The molecule has 2 aliphatic rings. The Hall–Kier alpha value is -5.08. The van der Waals surface area contributed by atoms with Gasteiger partial charge in [-0.3, -0.25) is 19.4 Å². The number of anilines is 3. The lowest BCUT2D eigenvalue weighted by Gasteiger charge is -2.34. The molecule has 4 aromatic rings. The van der Waals surface area contributed by atoms with E-state index in [1.54, 1.807) is 72.9 Å².